The Bertz CT molecular complexity index is 463. The van der Waals surface area contributed by atoms with Crippen molar-refractivity contribution in [3.63, 3.8) is 0 Å². The van der Waals surface area contributed by atoms with E-state index in [-0.39, 0.29) is 16.6 Å². The Labute approximate surface area is 123 Å². The van der Waals surface area contributed by atoms with Gasteiger partial charge in [0, 0.05) is 15.4 Å². The number of hydrogen-bond donors (Lipinski definition) is 0. The van der Waals surface area contributed by atoms with Crippen LogP contribution in [0.5, 0.6) is 0 Å². The van der Waals surface area contributed by atoms with Crippen LogP contribution in [-0.2, 0) is 21.7 Å². The summed E-state index contributed by atoms with van der Waals surface area (Å²) in [7, 11) is 0. The molecule has 1 aliphatic carbocycles. The van der Waals surface area contributed by atoms with Crippen molar-refractivity contribution in [3.8, 4) is 0 Å². The van der Waals surface area contributed by atoms with Gasteiger partial charge in [-0.2, -0.15) is 0 Å². The molecule has 0 aromatic carbocycles. The second-order valence-corrected chi connectivity index (χ2v) is 8.63. The SMILES string of the molecule is CCOC(=O)C1CCc2sc(CSC(C)(C)C)nc21. The van der Waals surface area contributed by atoms with Gasteiger partial charge in [0.1, 0.15) is 10.9 Å². The lowest BCUT2D eigenvalue weighted by molar-refractivity contribution is -0.145. The molecule has 0 spiro atoms. The monoisotopic (exact) mass is 299 g/mol. The summed E-state index contributed by atoms with van der Waals surface area (Å²) >= 11 is 3.66. The van der Waals surface area contributed by atoms with Crippen LogP contribution in [0.15, 0.2) is 0 Å². The predicted molar refractivity (Wildman–Crippen MR) is 80.9 cm³/mol. The van der Waals surface area contributed by atoms with E-state index in [4.69, 9.17) is 4.74 Å². The van der Waals surface area contributed by atoms with E-state index in [1.165, 1.54) is 4.88 Å². The molecular weight excluding hydrogens is 278 g/mol. The molecule has 0 fully saturated rings. The lowest BCUT2D eigenvalue weighted by atomic mass is 10.1. The second kappa shape index (κ2) is 5.83. The molecule has 1 aromatic rings. The Balaban J connectivity index is 2.05. The van der Waals surface area contributed by atoms with Gasteiger partial charge in [0.15, 0.2) is 0 Å². The summed E-state index contributed by atoms with van der Waals surface area (Å²) in [6, 6.07) is 0. The molecule has 0 saturated heterocycles. The minimum absolute atomic E-state index is 0.110. The van der Waals surface area contributed by atoms with Crippen molar-refractivity contribution < 1.29 is 9.53 Å². The number of nitrogens with zero attached hydrogens (tertiary/aromatic N) is 1. The van der Waals surface area contributed by atoms with Crippen LogP contribution in [0.1, 0.15) is 55.6 Å². The van der Waals surface area contributed by atoms with E-state index in [1.54, 1.807) is 11.3 Å². The third-order valence-corrected chi connectivity index (χ3v) is 5.56. The van der Waals surface area contributed by atoms with Crippen molar-refractivity contribution in [2.75, 3.05) is 6.61 Å². The molecule has 19 heavy (non-hydrogen) atoms. The fourth-order valence-corrected chi connectivity index (χ4v) is 4.06. The molecule has 0 saturated carbocycles. The van der Waals surface area contributed by atoms with Gasteiger partial charge >= 0.3 is 5.97 Å². The van der Waals surface area contributed by atoms with Crippen molar-refractivity contribution in [1.29, 1.82) is 0 Å². The number of esters is 1. The number of thiazole rings is 1. The molecule has 1 unspecified atom stereocenters. The Morgan fingerprint density at radius 2 is 2.26 bits per heavy atom. The Hall–Kier alpha value is -0.550. The first-order chi connectivity index (χ1) is 8.90. The lowest BCUT2D eigenvalue weighted by Gasteiger charge is -2.16. The first kappa shape index (κ1) is 14.9. The highest BCUT2D eigenvalue weighted by atomic mass is 32.2. The van der Waals surface area contributed by atoms with Crippen LogP contribution in [0.3, 0.4) is 0 Å². The number of carbonyl (C=O) groups excluding carboxylic acids is 1. The third kappa shape index (κ3) is 3.72. The van der Waals surface area contributed by atoms with E-state index in [2.05, 4.69) is 25.8 Å². The van der Waals surface area contributed by atoms with E-state index in [1.807, 2.05) is 18.7 Å². The summed E-state index contributed by atoms with van der Waals surface area (Å²) in [5.74, 6) is 0.692. The summed E-state index contributed by atoms with van der Waals surface area (Å²) in [6.45, 7) is 8.92. The van der Waals surface area contributed by atoms with E-state index in [9.17, 15) is 4.79 Å². The van der Waals surface area contributed by atoms with Gasteiger partial charge < -0.3 is 4.74 Å². The fraction of sp³-hybridized carbons (Fsp3) is 0.714. The molecule has 2 rings (SSSR count). The smallest absolute Gasteiger partial charge is 0.315 e. The molecule has 0 aliphatic heterocycles. The molecule has 1 aromatic heterocycles. The molecule has 0 N–H and O–H groups in total. The Morgan fingerprint density at radius 3 is 2.89 bits per heavy atom. The van der Waals surface area contributed by atoms with Gasteiger partial charge in [-0.05, 0) is 19.8 Å². The first-order valence-corrected chi connectivity index (χ1v) is 8.50. The van der Waals surface area contributed by atoms with Crippen molar-refractivity contribution in [2.24, 2.45) is 0 Å². The molecule has 106 valence electrons. The molecule has 0 radical (unpaired) electrons. The first-order valence-electron chi connectivity index (χ1n) is 6.69. The number of rotatable bonds is 4. The normalized spacial score (nSPS) is 18.4. The zero-order valence-corrected chi connectivity index (χ0v) is 13.6. The summed E-state index contributed by atoms with van der Waals surface area (Å²) in [5, 5.41) is 1.14. The van der Waals surface area contributed by atoms with Gasteiger partial charge in [0.05, 0.1) is 12.3 Å². The average molecular weight is 299 g/mol. The van der Waals surface area contributed by atoms with Gasteiger partial charge in [0.2, 0.25) is 0 Å². The van der Waals surface area contributed by atoms with Gasteiger partial charge in [-0.3, -0.25) is 4.79 Å². The van der Waals surface area contributed by atoms with E-state index < -0.39 is 0 Å². The van der Waals surface area contributed by atoms with Crippen LogP contribution in [-0.4, -0.2) is 22.3 Å². The van der Waals surface area contributed by atoms with Crippen molar-refractivity contribution >= 4 is 29.1 Å². The van der Waals surface area contributed by atoms with Crippen LogP contribution in [0.4, 0.5) is 0 Å². The molecule has 5 heteroatoms. The third-order valence-electron chi connectivity index (χ3n) is 2.96. The maximum atomic E-state index is 11.9. The fourth-order valence-electron chi connectivity index (χ4n) is 2.09. The summed E-state index contributed by atoms with van der Waals surface area (Å²) in [4.78, 5) is 17.8. The second-order valence-electron chi connectivity index (χ2n) is 5.66. The molecule has 1 heterocycles. The van der Waals surface area contributed by atoms with Gasteiger partial charge in [-0.25, -0.2) is 4.98 Å². The molecule has 1 aliphatic rings. The number of aromatic nitrogens is 1. The number of carbonyl (C=O) groups is 1. The van der Waals surface area contributed by atoms with Crippen LogP contribution in [0, 0.1) is 0 Å². The Morgan fingerprint density at radius 1 is 1.53 bits per heavy atom. The zero-order chi connectivity index (χ0) is 14.0. The highest BCUT2D eigenvalue weighted by molar-refractivity contribution is 7.99. The zero-order valence-electron chi connectivity index (χ0n) is 12.0. The topological polar surface area (TPSA) is 39.2 Å². The van der Waals surface area contributed by atoms with E-state index in [0.717, 1.165) is 29.3 Å². The maximum absolute atomic E-state index is 11.9. The summed E-state index contributed by atoms with van der Waals surface area (Å²) in [5.41, 5.74) is 0.980. The number of fused-ring (bicyclic) bond motifs is 1. The number of thioether (sulfide) groups is 1. The predicted octanol–water partition coefficient (Wildman–Crippen LogP) is 3.77. The lowest BCUT2D eigenvalue weighted by Crippen LogP contribution is -2.14. The molecular formula is C14H21NO2S2. The van der Waals surface area contributed by atoms with Crippen LogP contribution >= 0.6 is 23.1 Å². The maximum Gasteiger partial charge on any atom is 0.315 e. The highest BCUT2D eigenvalue weighted by Gasteiger charge is 2.33. The van der Waals surface area contributed by atoms with Crippen molar-refractivity contribution in [2.45, 2.75) is 57.0 Å². The minimum atomic E-state index is -0.125. The van der Waals surface area contributed by atoms with Crippen molar-refractivity contribution in [3.05, 3.63) is 15.6 Å². The molecule has 0 amide bonds. The quantitative estimate of drug-likeness (QED) is 0.793. The minimum Gasteiger partial charge on any atom is -0.465 e. The Kier molecular flexibility index (Phi) is 4.56. The van der Waals surface area contributed by atoms with Crippen LogP contribution in [0.2, 0.25) is 0 Å². The number of ether oxygens (including phenoxy) is 1. The van der Waals surface area contributed by atoms with E-state index >= 15 is 0 Å². The summed E-state index contributed by atoms with van der Waals surface area (Å²) < 4.78 is 5.37. The van der Waals surface area contributed by atoms with E-state index in [0.29, 0.717) is 6.61 Å². The molecule has 0 bridgehead atoms. The average Bonchev–Trinajstić information content (AvgIpc) is 2.84. The van der Waals surface area contributed by atoms with Gasteiger partial charge in [-0.1, -0.05) is 20.8 Å². The number of hydrogen-bond acceptors (Lipinski definition) is 5. The number of aryl methyl sites for hydroxylation is 1. The molecule has 1 atom stereocenters. The highest BCUT2D eigenvalue weighted by Crippen LogP contribution is 2.39. The van der Waals surface area contributed by atoms with Crippen LogP contribution in [0.25, 0.3) is 0 Å². The summed E-state index contributed by atoms with van der Waals surface area (Å²) in [6.07, 6.45) is 1.83. The largest absolute Gasteiger partial charge is 0.465 e. The van der Waals surface area contributed by atoms with Gasteiger partial charge in [0.25, 0.3) is 0 Å². The van der Waals surface area contributed by atoms with Crippen molar-refractivity contribution in [1.82, 2.24) is 4.98 Å². The van der Waals surface area contributed by atoms with Gasteiger partial charge in [-0.15, -0.1) is 23.1 Å². The van der Waals surface area contributed by atoms with Crippen LogP contribution < -0.4 is 0 Å². The molecule has 3 nitrogen and oxygen atoms in total. The standard InChI is InChI=1S/C14H21NO2S2/c1-5-17-13(16)9-6-7-10-12(9)15-11(19-10)8-18-14(2,3)4/h9H,5-8H2,1-4H3.